The lowest BCUT2D eigenvalue weighted by Gasteiger charge is -2.23. The molecule has 8 heteroatoms. The number of hydrogen-bond donors (Lipinski definition) is 3. The number of hydrogen-bond acceptors (Lipinski definition) is 5. The Labute approximate surface area is 130 Å². The fourth-order valence-electron chi connectivity index (χ4n) is 3.07. The summed E-state index contributed by atoms with van der Waals surface area (Å²) < 4.78 is 10.6. The standard InChI is InChI=1S/C14H24BNO6/c17-13(6-10-4-2-1-3-5-10)16-12-9-21-8-11(7-14(18)19)22-15(12)20/h10-12,20H,1-9H2,(H,16,17)(H,18,19). The molecule has 0 radical (unpaired) electrons. The van der Waals surface area contributed by atoms with Gasteiger partial charge in [0.15, 0.2) is 0 Å². The van der Waals surface area contributed by atoms with E-state index in [1.165, 1.54) is 19.3 Å². The van der Waals surface area contributed by atoms with Gasteiger partial charge in [0.05, 0.1) is 31.7 Å². The monoisotopic (exact) mass is 313 g/mol. The summed E-state index contributed by atoms with van der Waals surface area (Å²) in [6.07, 6.45) is 5.27. The molecular formula is C14H24BNO6. The van der Waals surface area contributed by atoms with Crippen LogP contribution in [0.25, 0.3) is 0 Å². The molecular weight excluding hydrogens is 289 g/mol. The first-order chi connectivity index (χ1) is 10.5. The van der Waals surface area contributed by atoms with Crippen molar-refractivity contribution in [3.05, 3.63) is 0 Å². The highest BCUT2D eigenvalue weighted by Gasteiger charge is 2.35. The second-order valence-electron chi connectivity index (χ2n) is 6.17. The number of carboxylic acid groups (broad SMARTS) is 1. The van der Waals surface area contributed by atoms with Gasteiger partial charge in [-0.05, 0) is 18.8 Å². The van der Waals surface area contributed by atoms with Crippen LogP contribution in [-0.4, -0.2) is 54.4 Å². The normalized spacial score (nSPS) is 27.2. The number of carboxylic acids is 1. The van der Waals surface area contributed by atoms with Crippen LogP contribution in [0.4, 0.5) is 0 Å². The van der Waals surface area contributed by atoms with Crippen LogP contribution in [-0.2, 0) is 19.0 Å². The number of carbonyl (C=O) groups is 2. The number of rotatable bonds is 5. The van der Waals surface area contributed by atoms with Gasteiger partial charge in [0.25, 0.3) is 0 Å². The third-order valence-corrected chi connectivity index (χ3v) is 4.22. The van der Waals surface area contributed by atoms with Crippen molar-refractivity contribution in [1.29, 1.82) is 0 Å². The van der Waals surface area contributed by atoms with Gasteiger partial charge < -0.3 is 24.8 Å². The third kappa shape index (κ3) is 5.59. The lowest BCUT2D eigenvalue weighted by atomic mass is 9.78. The first kappa shape index (κ1) is 17.2. The van der Waals surface area contributed by atoms with Crippen molar-refractivity contribution in [2.45, 2.75) is 57.0 Å². The van der Waals surface area contributed by atoms with Crippen LogP contribution < -0.4 is 5.32 Å². The Morgan fingerprint density at radius 2 is 1.86 bits per heavy atom. The van der Waals surface area contributed by atoms with Crippen molar-refractivity contribution in [2.75, 3.05) is 13.2 Å². The molecule has 0 aromatic carbocycles. The highest BCUT2D eigenvalue weighted by Crippen LogP contribution is 2.26. The van der Waals surface area contributed by atoms with E-state index < -0.39 is 25.1 Å². The van der Waals surface area contributed by atoms with Gasteiger partial charge in [0.2, 0.25) is 5.91 Å². The lowest BCUT2D eigenvalue weighted by molar-refractivity contribution is -0.139. The Kier molecular flexibility index (Phi) is 6.66. The summed E-state index contributed by atoms with van der Waals surface area (Å²) in [4.78, 5) is 22.7. The molecule has 3 N–H and O–H groups in total. The maximum absolute atomic E-state index is 12.1. The fraction of sp³-hybridized carbons (Fsp3) is 0.857. The Morgan fingerprint density at radius 1 is 1.14 bits per heavy atom. The lowest BCUT2D eigenvalue weighted by Crippen LogP contribution is -2.50. The first-order valence-electron chi connectivity index (χ1n) is 7.97. The SMILES string of the molecule is O=C(O)CC1COCC(NC(=O)CC2CCCCC2)B(O)O1. The molecule has 2 aliphatic rings. The highest BCUT2D eigenvalue weighted by molar-refractivity contribution is 6.45. The van der Waals surface area contributed by atoms with Crippen molar-refractivity contribution in [1.82, 2.24) is 5.32 Å². The van der Waals surface area contributed by atoms with Crippen LogP contribution >= 0.6 is 0 Å². The van der Waals surface area contributed by atoms with Crippen molar-refractivity contribution in [2.24, 2.45) is 5.92 Å². The molecule has 1 aliphatic heterocycles. The molecule has 1 saturated heterocycles. The van der Waals surface area contributed by atoms with Gasteiger partial charge in [-0.1, -0.05) is 19.3 Å². The van der Waals surface area contributed by atoms with Gasteiger partial charge in [-0.25, -0.2) is 0 Å². The molecule has 1 heterocycles. The average Bonchev–Trinajstić information content (AvgIpc) is 2.61. The second-order valence-corrected chi connectivity index (χ2v) is 6.17. The van der Waals surface area contributed by atoms with E-state index in [9.17, 15) is 14.6 Å². The summed E-state index contributed by atoms with van der Waals surface area (Å²) in [6.45, 7) is 0.214. The molecule has 1 aliphatic carbocycles. The van der Waals surface area contributed by atoms with Crippen molar-refractivity contribution < 1.29 is 29.1 Å². The molecule has 1 amide bonds. The van der Waals surface area contributed by atoms with Crippen LogP contribution in [0, 0.1) is 5.92 Å². The maximum atomic E-state index is 12.1. The zero-order chi connectivity index (χ0) is 15.9. The summed E-state index contributed by atoms with van der Waals surface area (Å²) in [5, 5.41) is 21.5. The van der Waals surface area contributed by atoms with Crippen LogP contribution in [0.1, 0.15) is 44.9 Å². The predicted octanol–water partition coefficient (Wildman–Crippen LogP) is 0.351. The van der Waals surface area contributed by atoms with E-state index in [4.69, 9.17) is 14.5 Å². The molecule has 2 atom stereocenters. The van der Waals surface area contributed by atoms with Crippen LogP contribution in [0.2, 0.25) is 0 Å². The Bertz CT molecular complexity index is 388. The third-order valence-electron chi connectivity index (χ3n) is 4.22. The largest absolute Gasteiger partial charge is 0.481 e. The topological polar surface area (TPSA) is 105 Å². The van der Waals surface area contributed by atoms with Gasteiger partial charge in [-0.2, -0.15) is 0 Å². The zero-order valence-corrected chi connectivity index (χ0v) is 12.7. The Morgan fingerprint density at radius 3 is 2.55 bits per heavy atom. The van der Waals surface area contributed by atoms with Gasteiger partial charge >= 0.3 is 13.1 Å². The minimum absolute atomic E-state index is 0.0956. The number of carbonyl (C=O) groups excluding carboxylic acids is 1. The van der Waals surface area contributed by atoms with E-state index >= 15 is 0 Å². The molecule has 2 unspecified atom stereocenters. The van der Waals surface area contributed by atoms with E-state index in [2.05, 4.69) is 5.32 Å². The molecule has 0 spiro atoms. The minimum atomic E-state index is -1.25. The molecule has 2 fully saturated rings. The second kappa shape index (κ2) is 8.50. The molecule has 22 heavy (non-hydrogen) atoms. The molecule has 7 nitrogen and oxygen atoms in total. The van der Waals surface area contributed by atoms with E-state index in [-0.39, 0.29) is 25.5 Å². The molecule has 1 saturated carbocycles. The zero-order valence-electron chi connectivity index (χ0n) is 12.7. The molecule has 0 bridgehead atoms. The summed E-state index contributed by atoms with van der Waals surface area (Å²) in [7, 11) is -1.25. The summed E-state index contributed by atoms with van der Waals surface area (Å²) >= 11 is 0. The molecule has 0 aromatic rings. The predicted molar refractivity (Wildman–Crippen MR) is 79.0 cm³/mol. The number of nitrogens with one attached hydrogen (secondary N) is 1. The van der Waals surface area contributed by atoms with Crippen LogP contribution in [0.5, 0.6) is 0 Å². The van der Waals surface area contributed by atoms with Gasteiger partial charge in [0, 0.05) is 6.42 Å². The summed E-state index contributed by atoms with van der Waals surface area (Å²) in [5.41, 5.74) is 0. The summed E-state index contributed by atoms with van der Waals surface area (Å²) in [6, 6.07) is 0. The highest BCUT2D eigenvalue weighted by atomic mass is 16.6. The van der Waals surface area contributed by atoms with Crippen molar-refractivity contribution >= 4 is 19.0 Å². The maximum Gasteiger partial charge on any atom is 0.480 e. The first-order valence-corrected chi connectivity index (χ1v) is 7.97. The van der Waals surface area contributed by atoms with Gasteiger partial charge in [-0.3, -0.25) is 9.59 Å². The Balaban J connectivity index is 1.78. The Hall–Kier alpha value is -1.12. The van der Waals surface area contributed by atoms with E-state index in [0.717, 1.165) is 12.8 Å². The number of amides is 1. The molecule has 2 rings (SSSR count). The van der Waals surface area contributed by atoms with Gasteiger partial charge in [-0.15, -0.1) is 0 Å². The quantitative estimate of drug-likeness (QED) is 0.633. The number of aliphatic carboxylic acids is 1. The number of ether oxygens (including phenoxy) is 1. The molecule has 0 aromatic heterocycles. The van der Waals surface area contributed by atoms with Crippen molar-refractivity contribution in [3.8, 4) is 0 Å². The molecule has 124 valence electrons. The van der Waals surface area contributed by atoms with Gasteiger partial charge in [0.1, 0.15) is 0 Å². The van der Waals surface area contributed by atoms with E-state index in [1.807, 2.05) is 0 Å². The van der Waals surface area contributed by atoms with Crippen LogP contribution in [0.15, 0.2) is 0 Å². The summed E-state index contributed by atoms with van der Waals surface area (Å²) in [5.74, 6) is -1.37. The van der Waals surface area contributed by atoms with E-state index in [1.54, 1.807) is 0 Å². The van der Waals surface area contributed by atoms with E-state index in [0.29, 0.717) is 12.3 Å². The minimum Gasteiger partial charge on any atom is -0.481 e. The van der Waals surface area contributed by atoms with Crippen molar-refractivity contribution in [3.63, 3.8) is 0 Å². The van der Waals surface area contributed by atoms with Crippen LogP contribution in [0.3, 0.4) is 0 Å². The fourth-order valence-corrected chi connectivity index (χ4v) is 3.07. The average molecular weight is 313 g/mol. The smallest absolute Gasteiger partial charge is 0.480 e.